The predicted octanol–water partition coefficient (Wildman–Crippen LogP) is 5.57. The van der Waals surface area contributed by atoms with E-state index in [2.05, 4.69) is 15.0 Å². The molecule has 0 fully saturated rings. The van der Waals surface area contributed by atoms with E-state index in [1.165, 1.54) is 11.5 Å². The van der Waals surface area contributed by atoms with Crippen LogP contribution in [0.5, 0.6) is 5.75 Å². The van der Waals surface area contributed by atoms with Crippen LogP contribution in [-0.2, 0) is 6.54 Å². The van der Waals surface area contributed by atoms with Crippen molar-refractivity contribution in [1.29, 1.82) is 0 Å². The fraction of sp³-hybridized carbons (Fsp3) is 0.192. The maximum absolute atomic E-state index is 12.8. The van der Waals surface area contributed by atoms with E-state index in [0.717, 1.165) is 27.0 Å². The molecule has 6 nitrogen and oxygen atoms in total. The highest BCUT2D eigenvalue weighted by molar-refractivity contribution is 7.13. The van der Waals surface area contributed by atoms with E-state index >= 15 is 0 Å². The van der Waals surface area contributed by atoms with Gasteiger partial charge in [-0.1, -0.05) is 36.4 Å². The van der Waals surface area contributed by atoms with Crippen molar-refractivity contribution in [1.82, 2.24) is 9.69 Å². The average Bonchev–Trinajstić information content (AvgIpc) is 3.24. The van der Waals surface area contributed by atoms with E-state index in [9.17, 15) is 9.59 Å². The molecule has 1 aromatic heterocycles. The van der Waals surface area contributed by atoms with E-state index in [4.69, 9.17) is 4.74 Å². The number of aromatic nitrogens is 1. The van der Waals surface area contributed by atoms with Crippen LogP contribution >= 0.6 is 11.5 Å². The molecule has 33 heavy (non-hydrogen) atoms. The molecule has 0 saturated heterocycles. The SMILES string of the molecule is Cc1ccc(C(=O)NCc2ccc(OC(C)C)cc2)cc1NC(=O)c1nsc2ccccc12. The number of ether oxygens (including phenoxy) is 1. The van der Waals surface area contributed by atoms with Gasteiger partial charge in [0, 0.05) is 23.2 Å². The van der Waals surface area contributed by atoms with Gasteiger partial charge in [0.05, 0.1) is 10.8 Å². The summed E-state index contributed by atoms with van der Waals surface area (Å²) in [6.07, 6.45) is 0.112. The lowest BCUT2D eigenvalue weighted by molar-refractivity contribution is 0.0949. The summed E-state index contributed by atoms with van der Waals surface area (Å²) in [4.78, 5) is 25.6. The van der Waals surface area contributed by atoms with Crippen LogP contribution < -0.4 is 15.4 Å². The number of rotatable bonds is 7. The molecular formula is C26H25N3O3S. The normalized spacial score (nSPS) is 10.9. The monoisotopic (exact) mass is 459 g/mol. The number of carbonyl (C=O) groups is 2. The summed E-state index contributed by atoms with van der Waals surface area (Å²) in [5.41, 5.74) is 3.27. The molecule has 4 aromatic rings. The molecule has 0 atom stereocenters. The number of amides is 2. The summed E-state index contributed by atoms with van der Waals surface area (Å²) < 4.78 is 10.9. The topological polar surface area (TPSA) is 80.3 Å². The van der Waals surface area contributed by atoms with Gasteiger partial charge in [-0.05, 0) is 73.8 Å². The van der Waals surface area contributed by atoms with Crippen molar-refractivity contribution < 1.29 is 14.3 Å². The van der Waals surface area contributed by atoms with Crippen molar-refractivity contribution in [3.8, 4) is 5.75 Å². The van der Waals surface area contributed by atoms with Gasteiger partial charge in [-0.15, -0.1) is 0 Å². The van der Waals surface area contributed by atoms with E-state index in [0.29, 0.717) is 23.5 Å². The fourth-order valence-electron chi connectivity index (χ4n) is 3.37. The molecule has 7 heteroatoms. The van der Waals surface area contributed by atoms with Crippen LogP contribution in [0.1, 0.15) is 45.8 Å². The number of aryl methyl sites for hydroxylation is 1. The molecule has 0 aliphatic rings. The lowest BCUT2D eigenvalue weighted by Crippen LogP contribution is -2.23. The maximum Gasteiger partial charge on any atom is 0.276 e. The largest absolute Gasteiger partial charge is 0.491 e. The molecule has 0 aliphatic heterocycles. The highest BCUT2D eigenvalue weighted by Crippen LogP contribution is 2.24. The van der Waals surface area contributed by atoms with Crippen molar-refractivity contribution in [2.24, 2.45) is 0 Å². The molecule has 0 saturated carbocycles. The van der Waals surface area contributed by atoms with Gasteiger partial charge >= 0.3 is 0 Å². The van der Waals surface area contributed by atoms with Crippen LogP contribution in [0.25, 0.3) is 10.1 Å². The minimum absolute atomic E-state index is 0.112. The molecule has 0 unspecified atom stereocenters. The summed E-state index contributed by atoms with van der Waals surface area (Å²) in [5.74, 6) is 0.288. The standard InChI is InChI=1S/C26H25N3O3S/c1-16(2)32-20-12-9-18(10-13-20)15-27-25(30)19-11-8-17(3)22(14-19)28-26(31)24-21-6-4-5-7-23(21)33-29-24/h4-14,16H,15H2,1-3H3,(H,27,30)(H,28,31). The Bertz CT molecular complexity index is 1300. The fourth-order valence-corrected chi connectivity index (χ4v) is 4.14. The Kier molecular flexibility index (Phi) is 6.70. The number of carbonyl (C=O) groups excluding carboxylic acids is 2. The Labute approximate surface area is 196 Å². The minimum Gasteiger partial charge on any atom is -0.491 e. The Balaban J connectivity index is 1.43. The number of nitrogens with one attached hydrogen (secondary N) is 2. The van der Waals surface area contributed by atoms with Gasteiger partial charge in [-0.3, -0.25) is 9.59 Å². The number of hydrogen-bond acceptors (Lipinski definition) is 5. The molecule has 0 spiro atoms. The second-order valence-electron chi connectivity index (χ2n) is 8.00. The zero-order valence-corrected chi connectivity index (χ0v) is 19.5. The van der Waals surface area contributed by atoms with Gasteiger partial charge in [-0.25, -0.2) is 0 Å². The van der Waals surface area contributed by atoms with Gasteiger partial charge < -0.3 is 15.4 Å². The van der Waals surface area contributed by atoms with Gasteiger partial charge in [0.1, 0.15) is 11.4 Å². The number of nitrogens with zero attached hydrogens (tertiary/aromatic N) is 1. The highest BCUT2D eigenvalue weighted by Gasteiger charge is 2.16. The van der Waals surface area contributed by atoms with Crippen LogP contribution in [0.2, 0.25) is 0 Å². The van der Waals surface area contributed by atoms with Crippen molar-refractivity contribution in [3.63, 3.8) is 0 Å². The van der Waals surface area contributed by atoms with Crippen LogP contribution in [0, 0.1) is 6.92 Å². The van der Waals surface area contributed by atoms with Crippen molar-refractivity contribution in [3.05, 3.63) is 89.1 Å². The van der Waals surface area contributed by atoms with Gasteiger partial charge in [-0.2, -0.15) is 4.37 Å². The molecule has 3 aromatic carbocycles. The Morgan fingerprint density at radius 2 is 1.76 bits per heavy atom. The minimum atomic E-state index is -0.295. The number of anilines is 1. The summed E-state index contributed by atoms with van der Waals surface area (Å²) in [6.45, 7) is 6.23. The lowest BCUT2D eigenvalue weighted by Gasteiger charge is -2.12. The number of hydrogen-bond donors (Lipinski definition) is 2. The molecular weight excluding hydrogens is 434 g/mol. The highest BCUT2D eigenvalue weighted by atomic mass is 32.1. The molecule has 2 N–H and O–H groups in total. The maximum atomic E-state index is 12.8. The zero-order chi connectivity index (χ0) is 23.4. The summed E-state index contributed by atoms with van der Waals surface area (Å²) in [6, 6.07) is 20.5. The third kappa shape index (κ3) is 5.38. The number of fused-ring (bicyclic) bond motifs is 1. The molecule has 0 radical (unpaired) electrons. The van der Waals surface area contributed by atoms with Crippen LogP contribution in [0.3, 0.4) is 0 Å². The van der Waals surface area contributed by atoms with Crippen molar-refractivity contribution in [2.75, 3.05) is 5.32 Å². The Hall–Kier alpha value is -3.71. The van der Waals surface area contributed by atoms with Crippen LogP contribution in [-0.4, -0.2) is 22.3 Å². The first-order valence-corrected chi connectivity index (χ1v) is 11.5. The second-order valence-corrected chi connectivity index (χ2v) is 8.81. The first kappa shape index (κ1) is 22.5. The molecule has 4 rings (SSSR count). The Morgan fingerprint density at radius 1 is 1.00 bits per heavy atom. The third-order valence-corrected chi connectivity index (χ3v) is 5.92. The Morgan fingerprint density at radius 3 is 2.52 bits per heavy atom. The molecule has 0 bridgehead atoms. The van der Waals surface area contributed by atoms with E-state index in [-0.39, 0.29) is 17.9 Å². The van der Waals surface area contributed by atoms with Crippen LogP contribution in [0.15, 0.2) is 66.7 Å². The lowest BCUT2D eigenvalue weighted by atomic mass is 10.1. The van der Waals surface area contributed by atoms with Gasteiger partial charge in [0.15, 0.2) is 0 Å². The average molecular weight is 460 g/mol. The summed E-state index contributed by atoms with van der Waals surface area (Å²) >= 11 is 1.29. The second kappa shape index (κ2) is 9.83. The van der Waals surface area contributed by atoms with Crippen LogP contribution in [0.4, 0.5) is 5.69 Å². The number of benzene rings is 3. The summed E-state index contributed by atoms with van der Waals surface area (Å²) in [7, 11) is 0. The molecule has 168 valence electrons. The van der Waals surface area contributed by atoms with Gasteiger partial charge in [0.2, 0.25) is 0 Å². The van der Waals surface area contributed by atoms with Crippen molar-refractivity contribution >= 4 is 39.1 Å². The zero-order valence-electron chi connectivity index (χ0n) is 18.7. The van der Waals surface area contributed by atoms with Crippen molar-refractivity contribution in [2.45, 2.75) is 33.4 Å². The molecule has 1 heterocycles. The third-order valence-electron chi connectivity index (χ3n) is 5.09. The predicted molar refractivity (Wildman–Crippen MR) is 132 cm³/mol. The first-order chi connectivity index (χ1) is 15.9. The molecule has 0 aliphatic carbocycles. The summed E-state index contributed by atoms with van der Waals surface area (Å²) in [5, 5.41) is 6.65. The van der Waals surface area contributed by atoms with Gasteiger partial charge in [0.25, 0.3) is 11.8 Å². The quantitative estimate of drug-likeness (QED) is 0.378. The molecule has 2 amide bonds. The smallest absolute Gasteiger partial charge is 0.276 e. The first-order valence-electron chi connectivity index (χ1n) is 10.7. The van der Waals surface area contributed by atoms with E-state index < -0.39 is 0 Å². The van der Waals surface area contributed by atoms with E-state index in [1.54, 1.807) is 12.1 Å². The van der Waals surface area contributed by atoms with E-state index in [1.807, 2.05) is 75.4 Å².